The number of urea groups is 1. The Hall–Kier alpha value is -3.73. The summed E-state index contributed by atoms with van der Waals surface area (Å²) in [6.45, 7) is 6.10. The minimum Gasteiger partial charge on any atom is -0.490 e. The first-order valence-electron chi connectivity index (χ1n) is 11.5. The molecule has 7 nitrogen and oxygen atoms in total. The van der Waals surface area contributed by atoms with E-state index in [-0.39, 0.29) is 18.0 Å². The summed E-state index contributed by atoms with van der Waals surface area (Å²) < 4.78 is 25.9. The number of rotatable bonds is 7. The molecule has 1 saturated heterocycles. The van der Waals surface area contributed by atoms with E-state index in [0.29, 0.717) is 38.5 Å². The highest BCUT2D eigenvalue weighted by molar-refractivity contribution is 14.1. The van der Waals surface area contributed by atoms with Crippen LogP contribution in [0, 0.1) is 23.2 Å². The molecule has 1 fully saturated rings. The van der Waals surface area contributed by atoms with Crippen molar-refractivity contribution in [2.45, 2.75) is 27.4 Å². The van der Waals surface area contributed by atoms with E-state index in [9.17, 15) is 18.8 Å². The largest absolute Gasteiger partial charge is 0.490 e. The number of hydrogen-bond acceptors (Lipinski definition) is 5. The number of benzene rings is 3. The summed E-state index contributed by atoms with van der Waals surface area (Å²) in [5, 5.41) is 2.24. The van der Waals surface area contributed by atoms with Crippen molar-refractivity contribution in [1.82, 2.24) is 5.32 Å². The van der Waals surface area contributed by atoms with Gasteiger partial charge in [0.2, 0.25) is 0 Å². The molecule has 1 N–H and O–H groups in total. The molecule has 9 heteroatoms. The van der Waals surface area contributed by atoms with E-state index in [1.807, 2.05) is 26.8 Å². The molecule has 3 aromatic carbocycles. The maximum atomic E-state index is 13.5. The first-order chi connectivity index (χ1) is 17.7. The molecule has 4 rings (SSSR count). The SMILES string of the molecule is CCOc1cc(/C=C2\C(=O)NC(=O)N(c3ccc(C)c(C)c3)C2=O)cc(I)c1OCc1cccc(F)c1. The Balaban J connectivity index is 1.67. The van der Waals surface area contributed by atoms with E-state index in [1.165, 1.54) is 18.2 Å². The van der Waals surface area contributed by atoms with Gasteiger partial charge < -0.3 is 9.47 Å². The number of imide groups is 2. The molecule has 0 aromatic heterocycles. The first-order valence-corrected chi connectivity index (χ1v) is 12.6. The number of aryl methyl sites for hydroxylation is 2. The number of carbonyl (C=O) groups excluding carboxylic acids is 3. The lowest BCUT2D eigenvalue weighted by Gasteiger charge is -2.27. The lowest BCUT2D eigenvalue weighted by Crippen LogP contribution is -2.54. The molecule has 0 saturated carbocycles. The Labute approximate surface area is 227 Å². The fourth-order valence-corrected chi connectivity index (χ4v) is 4.56. The normalized spacial score (nSPS) is 14.7. The molecule has 37 heavy (non-hydrogen) atoms. The molecule has 0 atom stereocenters. The smallest absolute Gasteiger partial charge is 0.335 e. The van der Waals surface area contributed by atoms with Crippen LogP contribution in [0.25, 0.3) is 6.08 Å². The maximum Gasteiger partial charge on any atom is 0.335 e. The fourth-order valence-electron chi connectivity index (χ4n) is 3.78. The zero-order valence-electron chi connectivity index (χ0n) is 20.4. The van der Waals surface area contributed by atoms with Gasteiger partial charge in [-0.1, -0.05) is 18.2 Å². The van der Waals surface area contributed by atoms with Gasteiger partial charge in [-0.3, -0.25) is 14.9 Å². The van der Waals surface area contributed by atoms with Crippen molar-refractivity contribution >= 4 is 52.2 Å². The molecule has 0 bridgehead atoms. The van der Waals surface area contributed by atoms with E-state index >= 15 is 0 Å². The minimum atomic E-state index is -0.805. The summed E-state index contributed by atoms with van der Waals surface area (Å²) in [6.07, 6.45) is 1.42. The van der Waals surface area contributed by atoms with E-state index in [2.05, 4.69) is 27.9 Å². The van der Waals surface area contributed by atoms with Crippen LogP contribution in [0.2, 0.25) is 0 Å². The van der Waals surface area contributed by atoms with E-state index in [0.717, 1.165) is 16.0 Å². The highest BCUT2D eigenvalue weighted by Gasteiger charge is 2.37. The predicted octanol–water partition coefficient (Wildman–Crippen LogP) is 5.69. The second-order valence-electron chi connectivity index (χ2n) is 8.41. The third-order valence-electron chi connectivity index (χ3n) is 5.77. The van der Waals surface area contributed by atoms with Crippen LogP contribution in [0.4, 0.5) is 14.9 Å². The minimum absolute atomic E-state index is 0.127. The van der Waals surface area contributed by atoms with Gasteiger partial charge in [-0.25, -0.2) is 14.1 Å². The van der Waals surface area contributed by atoms with Gasteiger partial charge in [-0.05, 0) is 108 Å². The van der Waals surface area contributed by atoms with E-state index < -0.39 is 17.8 Å². The van der Waals surface area contributed by atoms with Gasteiger partial charge >= 0.3 is 6.03 Å². The van der Waals surface area contributed by atoms with Gasteiger partial charge in [0.15, 0.2) is 11.5 Å². The van der Waals surface area contributed by atoms with Crippen molar-refractivity contribution in [1.29, 1.82) is 0 Å². The van der Waals surface area contributed by atoms with Gasteiger partial charge in [0.25, 0.3) is 11.8 Å². The van der Waals surface area contributed by atoms with Crippen LogP contribution in [-0.2, 0) is 16.2 Å². The second-order valence-corrected chi connectivity index (χ2v) is 9.57. The number of hydrogen-bond donors (Lipinski definition) is 1. The second kappa shape index (κ2) is 11.1. The lowest BCUT2D eigenvalue weighted by molar-refractivity contribution is -0.122. The number of halogens is 2. The molecule has 190 valence electrons. The summed E-state index contributed by atoms with van der Waals surface area (Å²) in [7, 11) is 0. The Morgan fingerprint density at radius 1 is 1.00 bits per heavy atom. The van der Waals surface area contributed by atoms with Crippen molar-refractivity contribution in [2.24, 2.45) is 0 Å². The molecule has 4 amide bonds. The van der Waals surface area contributed by atoms with Crippen LogP contribution < -0.4 is 19.7 Å². The van der Waals surface area contributed by atoms with Gasteiger partial charge in [-0.15, -0.1) is 0 Å². The molecule has 1 aliphatic rings. The Bertz CT molecular complexity index is 1440. The molecule has 0 radical (unpaired) electrons. The summed E-state index contributed by atoms with van der Waals surface area (Å²) in [6, 6.07) is 13.9. The van der Waals surface area contributed by atoms with Gasteiger partial charge in [0.05, 0.1) is 15.9 Å². The average molecular weight is 614 g/mol. The molecular weight excluding hydrogens is 590 g/mol. The quantitative estimate of drug-likeness (QED) is 0.210. The average Bonchev–Trinajstić information content (AvgIpc) is 2.83. The number of nitrogens with one attached hydrogen (secondary N) is 1. The Morgan fingerprint density at radius 2 is 1.78 bits per heavy atom. The number of carbonyl (C=O) groups is 3. The van der Waals surface area contributed by atoms with Gasteiger partial charge in [-0.2, -0.15) is 0 Å². The summed E-state index contributed by atoms with van der Waals surface area (Å²) >= 11 is 2.07. The molecular formula is C28H24FIN2O5. The molecule has 3 aromatic rings. The van der Waals surface area contributed by atoms with Gasteiger partial charge in [0.1, 0.15) is 18.0 Å². The van der Waals surface area contributed by atoms with Crippen LogP contribution in [-0.4, -0.2) is 24.5 Å². The van der Waals surface area contributed by atoms with E-state index in [1.54, 1.807) is 36.4 Å². The van der Waals surface area contributed by atoms with Crippen LogP contribution in [0.1, 0.15) is 29.2 Å². The third kappa shape index (κ3) is 5.82. The molecule has 0 aliphatic carbocycles. The predicted molar refractivity (Wildman–Crippen MR) is 146 cm³/mol. The first kappa shape index (κ1) is 26.3. The summed E-state index contributed by atoms with van der Waals surface area (Å²) in [5.41, 5.74) is 3.27. The van der Waals surface area contributed by atoms with Crippen LogP contribution in [0.3, 0.4) is 0 Å². The maximum absolute atomic E-state index is 13.5. The highest BCUT2D eigenvalue weighted by Crippen LogP contribution is 2.36. The molecule has 0 spiro atoms. The van der Waals surface area contributed by atoms with Gasteiger partial charge in [0, 0.05) is 0 Å². The van der Waals surface area contributed by atoms with Crippen molar-refractivity contribution < 1.29 is 28.2 Å². The molecule has 1 heterocycles. The number of amides is 4. The Kier molecular flexibility index (Phi) is 7.91. The van der Waals surface area contributed by atoms with Crippen molar-refractivity contribution in [2.75, 3.05) is 11.5 Å². The van der Waals surface area contributed by atoms with Crippen LogP contribution in [0.5, 0.6) is 11.5 Å². The zero-order valence-corrected chi connectivity index (χ0v) is 22.6. The number of barbiturate groups is 1. The molecule has 0 unspecified atom stereocenters. The number of anilines is 1. The number of ether oxygens (including phenoxy) is 2. The Morgan fingerprint density at radius 3 is 2.49 bits per heavy atom. The summed E-state index contributed by atoms with van der Waals surface area (Å²) in [4.78, 5) is 39.4. The molecule has 1 aliphatic heterocycles. The lowest BCUT2D eigenvalue weighted by atomic mass is 10.0. The van der Waals surface area contributed by atoms with Crippen molar-refractivity contribution in [3.8, 4) is 11.5 Å². The van der Waals surface area contributed by atoms with Crippen LogP contribution >= 0.6 is 22.6 Å². The number of nitrogens with zero attached hydrogens (tertiary/aromatic N) is 1. The van der Waals surface area contributed by atoms with Crippen LogP contribution in [0.15, 0.2) is 60.2 Å². The topological polar surface area (TPSA) is 84.9 Å². The third-order valence-corrected chi connectivity index (χ3v) is 6.57. The van der Waals surface area contributed by atoms with Crippen molar-refractivity contribution in [3.05, 3.63) is 91.8 Å². The highest BCUT2D eigenvalue weighted by atomic mass is 127. The fraction of sp³-hybridized carbons (Fsp3) is 0.179. The zero-order chi connectivity index (χ0) is 26.7. The monoisotopic (exact) mass is 614 g/mol. The standard InChI is InChI=1S/C28H24FIN2O5/c1-4-36-24-14-19(13-23(30)25(24)37-15-18-6-5-7-20(29)11-18)12-22-26(33)31-28(35)32(27(22)34)21-9-8-16(2)17(3)10-21/h5-14H,4,15H2,1-3H3,(H,31,33,35)/b22-12+. The van der Waals surface area contributed by atoms with E-state index in [4.69, 9.17) is 9.47 Å². The van der Waals surface area contributed by atoms with Crippen molar-refractivity contribution in [3.63, 3.8) is 0 Å². The summed E-state index contributed by atoms with van der Waals surface area (Å²) in [5.74, 6) is -0.999.